The number of aromatic nitrogens is 3. The van der Waals surface area contributed by atoms with Crippen LogP contribution in [-0.2, 0) is 0 Å². The van der Waals surface area contributed by atoms with E-state index in [1.165, 1.54) is 0 Å². The topological polar surface area (TPSA) is 55.9 Å². The molecule has 0 amide bonds. The zero-order valence-corrected chi connectivity index (χ0v) is 12.4. The summed E-state index contributed by atoms with van der Waals surface area (Å²) < 4.78 is 8.14. The number of hydrogen-bond donors (Lipinski definition) is 1. The van der Waals surface area contributed by atoms with Gasteiger partial charge in [0.15, 0.2) is 4.67 Å². The second-order valence-electron chi connectivity index (χ2n) is 4.43. The molecule has 102 valence electrons. The van der Waals surface area contributed by atoms with Gasteiger partial charge in [0.05, 0.1) is 11.7 Å². The fourth-order valence-electron chi connectivity index (χ4n) is 1.97. The van der Waals surface area contributed by atoms with Crippen molar-refractivity contribution < 1.29 is 4.42 Å². The lowest BCUT2D eigenvalue weighted by Gasteiger charge is -2.14. The third-order valence-corrected chi connectivity index (χ3v) is 3.39. The molecule has 6 heteroatoms. The summed E-state index contributed by atoms with van der Waals surface area (Å²) in [6, 6.07) is 12.0. The largest absolute Gasteiger partial charge is 0.452 e. The van der Waals surface area contributed by atoms with Crippen molar-refractivity contribution in [1.29, 1.82) is 0 Å². The Morgan fingerprint density at radius 2 is 2.00 bits per heavy atom. The van der Waals surface area contributed by atoms with Crippen molar-refractivity contribution in [1.82, 2.24) is 14.8 Å². The minimum Gasteiger partial charge on any atom is -0.452 e. The zero-order chi connectivity index (χ0) is 13.9. The maximum Gasteiger partial charge on any atom is 0.169 e. The minimum absolute atomic E-state index is 0.0810. The Kier molecular flexibility index (Phi) is 3.56. The Bertz CT molecular complexity index is 693. The maximum atomic E-state index is 5.55. The summed E-state index contributed by atoms with van der Waals surface area (Å²) in [6.07, 6.45) is 3.35. The molecule has 2 aromatic heterocycles. The third kappa shape index (κ3) is 2.75. The van der Waals surface area contributed by atoms with Crippen molar-refractivity contribution in [3.63, 3.8) is 0 Å². The van der Waals surface area contributed by atoms with E-state index in [4.69, 9.17) is 4.42 Å². The Morgan fingerprint density at radius 1 is 1.20 bits per heavy atom. The van der Waals surface area contributed by atoms with Crippen LogP contribution in [0.1, 0.15) is 18.7 Å². The molecule has 0 saturated heterocycles. The highest BCUT2D eigenvalue weighted by molar-refractivity contribution is 9.10. The molecular weight excluding hydrogens is 320 g/mol. The van der Waals surface area contributed by atoms with Crippen molar-refractivity contribution in [2.75, 3.05) is 5.32 Å². The molecular formula is C14H13BrN4O. The summed E-state index contributed by atoms with van der Waals surface area (Å²) in [5, 5.41) is 11.0. The van der Waals surface area contributed by atoms with Gasteiger partial charge in [-0.3, -0.25) is 4.57 Å². The predicted molar refractivity (Wildman–Crippen MR) is 79.8 cm³/mol. The van der Waals surface area contributed by atoms with Crippen LogP contribution in [-0.4, -0.2) is 14.8 Å². The number of furan rings is 1. The van der Waals surface area contributed by atoms with Crippen LogP contribution in [0.2, 0.25) is 0 Å². The van der Waals surface area contributed by atoms with Crippen LogP contribution >= 0.6 is 15.9 Å². The summed E-state index contributed by atoms with van der Waals surface area (Å²) in [4.78, 5) is 0. The van der Waals surface area contributed by atoms with E-state index in [0.717, 1.165) is 21.8 Å². The van der Waals surface area contributed by atoms with Gasteiger partial charge in [-0.2, -0.15) is 0 Å². The fourth-order valence-corrected chi connectivity index (χ4v) is 2.29. The van der Waals surface area contributed by atoms with Gasteiger partial charge in [-0.1, -0.05) is 6.07 Å². The minimum atomic E-state index is 0.0810. The first-order valence-electron chi connectivity index (χ1n) is 6.19. The first-order chi connectivity index (χ1) is 9.72. The molecule has 20 heavy (non-hydrogen) atoms. The van der Waals surface area contributed by atoms with Gasteiger partial charge in [0.2, 0.25) is 0 Å². The van der Waals surface area contributed by atoms with Gasteiger partial charge < -0.3 is 9.73 Å². The number of anilines is 1. The van der Waals surface area contributed by atoms with Crippen molar-refractivity contribution >= 4 is 21.6 Å². The van der Waals surface area contributed by atoms with Crippen molar-refractivity contribution in [3.05, 3.63) is 59.5 Å². The lowest BCUT2D eigenvalue weighted by molar-refractivity contribution is 0.471. The summed E-state index contributed by atoms with van der Waals surface area (Å²) in [5.74, 6) is 0.881. The van der Waals surface area contributed by atoms with Crippen LogP contribution in [0.3, 0.4) is 0 Å². The van der Waals surface area contributed by atoms with E-state index < -0.39 is 0 Å². The molecule has 1 atom stereocenters. The molecule has 0 aliphatic carbocycles. The maximum absolute atomic E-state index is 5.55. The summed E-state index contributed by atoms with van der Waals surface area (Å²) in [7, 11) is 0. The number of nitrogens with zero attached hydrogens (tertiary/aromatic N) is 3. The molecule has 0 aliphatic rings. The van der Waals surface area contributed by atoms with Crippen LogP contribution < -0.4 is 5.32 Å². The smallest absolute Gasteiger partial charge is 0.169 e. The first-order valence-corrected chi connectivity index (χ1v) is 6.98. The molecule has 0 aliphatic heterocycles. The van der Waals surface area contributed by atoms with Gasteiger partial charge in [-0.15, -0.1) is 10.2 Å². The molecule has 1 unspecified atom stereocenters. The lowest BCUT2D eigenvalue weighted by atomic mass is 10.2. The molecule has 2 heterocycles. The Morgan fingerprint density at radius 3 is 2.70 bits per heavy atom. The third-order valence-electron chi connectivity index (χ3n) is 2.97. The average molecular weight is 333 g/mol. The second kappa shape index (κ2) is 5.50. The van der Waals surface area contributed by atoms with Gasteiger partial charge in [0.25, 0.3) is 0 Å². The van der Waals surface area contributed by atoms with Gasteiger partial charge in [-0.25, -0.2) is 0 Å². The highest BCUT2D eigenvalue weighted by atomic mass is 79.9. The Labute approximate surface area is 124 Å². The second-order valence-corrected chi connectivity index (χ2v) is 5.21. The van der Waals surface area contributed by atoms with E-state index in [9.17, 15) is 0 Å². The predicted octanol–water partition coefficient (Wildman–Crippen LogP) is 3.80. The number of benzene rings is 1. The molecule has 0 spiro atoms. The molecule has 0 saturated carbocycles. The van der Waals surface area contributed by atoms with E-state index in [1.807, 2.05) is 41.0 Å². The number of rotatable bonds is 4. The Hall–Kier alpha value is -2.08. The molecule has 5 nitrogen and oxygen atoms in total. The average Bonchev–Trinajstić information content (AvgIpc) is 3.10. The molecule has 1 N–H and O–H groups in total. The zero-order valence-electron chi connectivity index (χ0n) is 10.8. The van der Waals surface area contributed by atoms with E-state index >= 15 is 0 Å². The molecule has 0 bridgehead atoms. The number of halogens is 1. The van der Waals surface area contributed by atoms with E-state index in [1.54, 1.807) is 12.7 Å². The number of hydrogen-bond acceptors (Lipinski definition) is 4. The normalized spacial score (nSPS) is 12.3. The fraction of sp³-hybridized carbons (Fsp3) is 0.143. The van der Waals surface area contributed by atoms with Crippen molar-refractivity contribution in [2.45, 2.75) is 13.0 Å². The summed E-state index contributed by atoms with van der Waals surface area (Å²) >= 11 is 3.31. The molecule has 0 radical (unpaired) electrons. The number of nitrogens with one attached hydrogen (secondary N) is 1. The van der Waals surface area contributed by atoms with Crippen LogP contribution in [0, 0.1) is 0 Å². The highest BCUT2D eigenvalue weighted by Crippen LogP contribution is 2.24. The van der Waals surface area contributed by atoms with E-state index in [2.05, 4.69) is 38.4 Å². The van der Waals surface area contributed by atoms with Crippen molar-refractivity contribution in [2.24, 2.45) is 0 Å². The highest BCUT2D eigenvalue weighted by Gasteiger charge is 2.10. The lowest BCUT2D eigenvalue weighted by Crippen LogP contribution is -2.05. The van der Waals surface area contributed by atoms with Gasteiger partial charge in [0.1, 0.15) is 18.4 Å². The van der Waals surface area contributed by atoms with Crippen molar-refractivity contribution in [3.8, 4) is 5.69 Å². The van der Waals surface area contributed by atoms with E-state index in [-0.39, 0.29) is 6.04 Å². The first kappa shape index (κ1) is 12.9. The van der Waals surface area contributed by atoms with Crippen LogP contribution in [0.25, 0.3) is 5.69 Å². The molecule has 1 aromatic carbocycles. The van der Waals surface area contributed by atoms with E-state index in [0.29, 0.717) is 0 Å². The monoisotopic (exact) mass is 332 g/mol. The van der Waals surface area contributed by atoms with Crippen LogP contribution in [0.4, 0.5) is 5.69 Å². The van der Waals surface area contributed by atoms with Crippen LogP contribution in [0.15, 0.2) is 58.1 Å². The van der Waals surface area contributed by atoms with Crippen LogP contribution in [0.5, 0.6) is 0 Å². The Balaban J connectivity index is 1.79. The molecule has 0 fully saturated rings. The SMILES string of the molecule is CC(Nc1cccc(-n2cnnc2)c1)c1ccc(Br)o1. The molecule has 3 rings (SSSR count). The van der Waals surface area contributed by atoms with Gasteiger partial charge in [-0.05, 0) is 53.2 Å². The quantitative estimate of drug-likeness (QED) is 0.789. The summed E-state index contributed by atoms with van der Waals surface area (Å²) in [5.41, 5.74) is 2.02. The standard InChI is InChI=1S/C14H13BrN4O/c1-10(13-5-6-14(15)20-13)18-11-3-2-4-12(7-11)19-8-16-17-9-19/h2-10,18H,1H3. The van der Waals surface area contributed by atoms with Gasteiger partial charge >= 0.3 is 0 Å². The summed E-state index contributed by atoms with van der Waals surface area (Å²) in [6.45, 7) is 2.05. The van der Waals surface area contributed by atoms with Gasteiger partial charge in [0, 0.05) is 5.69 Å². The molecule has 3 aromatic rings.